The summed E-state index contributed by atoms with van der Waals surface area (Å²) in [6, 6.07) is 7.12. The summed E-state index contributed by atoms with van der Waals surface area (Å²) < 4.78 is 43.7. The first kappa shape index (κ1) is 25.2. The van der Waals surface area contributed by atoms with E-state index in [1.807, 2.05) is 0 Å². The van der Waals surface area contributed by atoms with Gasteiger partial charge in [0.05, 0.1) is 41.0 Å². The van der Waals surface area contributed by atoms with Crippen molar-refractivity contribution in [1.82, 2.24) is 0 Å². The van der Waals surface area contributed by atoms with E-state index in [0.29, 0.717) is 45.4 Å². The molecule has 3 aliphatic rings. The van der Waals surface area contributed by atoms with E-state index in [9.17, 15) is 14.4 Å². The number of ether oxygens (including phenoxy) is 8. The highest BCUT2D eigenvalue weighted by Gasteiger charge is 2.54. The van der Waals surface area contributed by atoms with Crippen LogP contribution >= 0.6 is 0 Å². The maximum absolute atomic E-state index is 13.2. The molecule has 0 aromatic heterocycles. The van der Waals surface area contributed by atoms with Crippen LogP contribution in [0.5, 0.6) is 28.7 Å². The van der Waals surface area contributed by atoms with Crippen LogP contribution in [0.3, 0.4) is 0 Å². The summed E-state index contributed by atoms with van der Waals surface area (Å²) in [5.74, 6) is -1.39. The van der Waals surface area contributed by atoms with Crippen molar-refractivity contribution in [3.63, 3.8) is 0 Å². The molecular weight excluding hydrogens is 500 g/mol. The highest BCUT2D eigenvalue weighted by Crippen LogP contribution is 2.56. The number of hydrogen-bond acceptors (Lipinski definition) is 11. The van der Waals surface area contributed by atoms with Crippen molar-refractivity contribution < 1.29 is 52.3 Å². The Balaban J connectivity index is 1.66. The van der Waals surface area contributed by atoms with Crippen LogP contribution in [0.15, 0.2) is 36.4 Å². The molecular formula is C27H26O11. The normalized spacial score (nSPS) is 22.8. The first-order valence-corrected chi connectivity index (χ1v) is 11.8. The van der Waals surface area contributed by atoms with E-state index in [2.05, 4.69) is 4.74 Å². The second-order valence-electron chi connectivity index (χ2n) is 8.80. The van der Waals surface area contributed by atoms with Gasteiger partial charge in [-0.2, -0.15) is 0 Å². The second kappa shape index (κ2) is 10.2. The molecule has 2 aromatic rings. The number of fused-ring (bicyclic) bond motifs is 3. The van der Waals surface area contributed by atoms with E-state index in [0.717, 1.165) is 12.2 Å². The smallest absolute Gasteiger partial charge is 0.331 e. The molecule has 2 aromatic carbocycles. The molecule has 0 spiro atoms. The minimum atomic E-state index is -0.857. The third-order valence-electron chi connectivity index (χ3n) is 6.97. The Labute approximate surface area is 218 Å². The van der Waals surface area contributed by atoms with Gasteiger partial charge in [0.2, 0.25) is 12.5 Å². The third kappa shape index (κ3) is 4.23. The molecule has 1 saturated heterocycles. The van der Waals surface area contributed by atoms with Gasteiger partial charge in [0.25, 0.3) is 0 Å². The Hall–Kier alpha value is -4.41. The largest absolute Gasteiger partial charge is 0.493 e. The van der Waals surface area contributed by atoms with Crippen LogP contribution < -0.4 is 23.7 Å². The van der Waals surface area contributed by atoms with E-state index in [4.69, 9.17) is 33.2 Å². The van der Waals surface area contributed by atoms with Gasteiger partial charge in [-0.1, -0.05) is 0 Å². The standard InChI is InChI=1S/C27H26O11/c1-31-19-7-13(8-20(32-2)26(19)34-4)23-14-9-17-18(37-12-36-17)10-15(14)25(16-11-35-27(30)24(16)23)38-22(29)6-5-21(28)33-3/h5-10,16,23-25H,11-12H2,1-4H3. The van der Waals surface area contributed by atoms with Crippen LogP contribution in [-0.2, 0) is 28.6 Å². The lowest BCUT2D eigenvalue weighted by Crippen LogP contribution is -2.36. The van der Waals surface area contributed by atoms with Crippen LogP contribution in [0.1, 0.15) is 28.7 Å². The van der Waals surface area contributed by atoms with E-state index >= 15 is 0 Å². The van der Waals surface area contributed by atoms with Crippen LogP contribution in [0.2, 0.25) is 0 Å². The predicted octanol–water partition coefficient (Wildman–Crippen LogP) is 2.69. The topological polar surface area (TPSA) is 125 Å². The lowest BCUT2D eigenvalue weighted by molar-refractivity contribution is -0.149. The zero-order valence-corrected chi connectivity index (χ0v) is 21.2. The molecule has 0 bridgehead atoms. The summed E-state index contributed by atoms with van der Waals surface area (Å²) in [5.41, 5.74) is 2.04. The molecule has 1 aliphatic carbocycles. The maximum Gasteiger partial charge on any atom is 0.331 e. The number of cyclic esters (lactones) is 1. The van der Waals surface area contributed by atoms with Gasteiger partial charge in [0.1, 0.15) is 6.10 Å². The van der Waals surface area contributed by atoms with Gasteiger partial charge in [0, 0.05) is 29.6 Å². The minimum absolute atomic E-state index is 0.0360. The SMILES string of the molecule is COC(=O)C=CC(=O)OC1c2cc3c(cc2C(c2cc(OC)c(OC)c(OC)c2)C2C(=O)OCC12)OCO3. The van der Waals surface area contributed by atoms with Crippen LogP contribution in [0.25, 0.3) is 0 Å². The summed E-state index contributed by atoms with van der Waals surface area (Å²) in [6.45, 7) is 0.0747. The highest BCUT2D eigenvalue weighted by molar-refractivity contribution is 5.91. The average Bonchev–Trinajstić information content (AvgIpc) is 3.55. The Morgan fingerprint density at radius 1 is 0.842 bits per heavy atom. The zero-order chi connectivity index (χ0) is 27.0. The summed E-state index contributed by atoms with van der Waals surface area (Å²) in [7, 11) is 5.73. The molecule has 0 N–H and O–H groups in total. The summed E-state index contributed by atoms with van der Waals surface area (Å²) >= 11 is 0. The lowest BCUT2D eigenvalue weighted by atomic mass is 9.66. The zero-order valence-electron chi connectivity index (χ0n) is 21.2. The molecule has 0 saturated carbocycles. The number of rotatable bonds is 7. The minimum Gasteiger partial charge on any atom is -0.493 e. The van der Waals surface area contributed by atoms with Crippen LogP contribution in [-0.4, -0.2) is 59.7 Å². The number of esters is 3. The van der Waals surface area contributed by atoms with Gasteiger partial charge < -0.3 is 37.9 Å². The summed E-state index contributed by atoms with van der Waals surface area (Å²) in [4.78, 5) is 37.3. The van der Waals surface area contributed by atoms with Crippen molar-refractivity contribution in [2.24, 2.45) is 11.8 Å². The molecule has 38 heavy (non-hydrogen) atoms. The average molecular weight is 526 g/mol. The van der Waals surface area contributed by atoms with Gasteiger partial charge in [-0.15, -0.1) is 0 Å². The van der Waals surface area contributed by atoms with Crippen molar-refractivity contribution in [2.75, 3.05) is 41.8 Å². The molecule has 11 heteroatoms. The lowest BCUT2D eigenvalue weighted by Gasteiger charge is -2.38. The fourth-order valence-electron chi connectivity index (χ4n) is 5.31. The van der Waals surface area contributed by atoms with E-state index in [1.165, 1.54) is 28.4 Å². The van der Waals surface area contributed by atoms with Crippen molar-refractivity contribution in [3.8, 4) is 28.7 Å². The first-order valence-electron chi connectivity index (χ1n) is 11.8. The van der Waals surface area contributed by atoms with E-state index in [1.54, 1.807) is 24.3 Å². The van der Waals surface area contributed by atoms with Gasteiger partial charge in [-0.3, -0.25) is 4.79 Å². The first-order chi connectivity index (χ1) is 18.4. The number of methoxy groups -OCH3 is 4. The molecule has 11 nitrogen and oxygen atoms in total. The molecule has 0 radical (unpaired) electrons. The monoisotopic (exact) mass is 526 g/mol. The Morgan fingerprint density at radius 2 is 1.47 bits per heavy atom. The van der Waals surface area contributed by atoms with Gasteiger partial charge in [0.15, 0.2) is 23.0 Å². The van der Waals surface area contributed by atoms with Gasteiger partial charge >= 0.3 is 17.9 Å². The summed E-state index contributed by atoms with van der Waals surface area (Å²) in [6.07, 6.45) is 1.10. The molecule has 4 unspecified atom stereocenters. The molecule has 2 aliphatic heterocycles. The van der Waals surface area contributed by atoms with E-state index < -0.39 is 41.8 Å². The van der Waals surface area contributed by atoms with Gasteiger partial charge in [-0.05, 0) is 35.4 Å². The van der Waals surface area contributed by atoms with Crippen LogP contribution in [0, 0.1) is 11.8 Å². The quantitative estimate of drug-likeness (QED) is 0.300. The molecule has 1 fully saturated rings. The molecule has 200 valence electrons. The van der Waals surface area contributed by atoms with Crippen LogP contribution in [0.4, 0.5) is 0 Å². The summed E-state index contributed by atoms with van der Waals surface area (Å²) in [5, 5.41) is 0. The number of carbonyl (C=O) groups is 3. The number of benzene rings is 2. The molecule has 0 amide bonds. The predicted molar refractivity (Wildman–Crippen MR) is 128 cm³/mol. The Bertz CT molecular complexity index is 1290. The van der Waals surface area contributed by atoms with Crippen molar-refractivity contribution >= 4 is 17.9 Å². The number of carbonyl (C=O) groups excluding carboxylic acids is 3. The molecule has 5 rings (SSSR count). The Morgan fingerprint density at radius 3 is 2.08 bits per heavy atom. The maximum atomic E-state index is 13.2. The highest BCUT2D eigenvalue weighted by atomic mass is 16.7. The van der Waals surface area contributed by atoms with Crippen molar-refractivity contribution in [1.29, 1.82) is 0 Å². The van der Waals surface area contributed by atoms with Gasteiger partial charge in [-0.25, -0.2) is 9.59 Å². The fraction of sp³-hybridized carbons (Fsp3) is 0.370. The number of hydrogen-bond donors (Lipinski definition) is 0. The Kier molecular flexibility index (Phi) is 6.75. The molecule has 2 heterocycles. The van der Waals surface area contributed by atoms with E-state index in [-0.39, 0.29) is 13.4 Å². The van der Waals surface area contributed by atoms with Crippen molar-refractivity contribution in [2.45, 2.75) is 12.0 Å². The fourth-order valence-corrected chi connectivity index (χ4v) is 5.31. The second-order valence-corrected chi connectivity index (χ2v) is 8.80. The third-order valence-corrected chi connectivity index (χ3v) is 6.97. The molecule has 4 atom stereocenters. The van der Waals surface area contributed by atoms with Crippen molar-refractivity contribution in [3.05, 3.63) is 53.1 Å².